The lowest BCUT2D eigenvalue weighted by atomic mass is 9.82. The molecular weight excluding hydrogens is 239 g/mol. The Labute approximate surface area is 107 Å². The van der Waals surface area contributed by atoms with Crippen molar-refractivity contribution in [1.29, 1.82) is 0 Å². The van der Waals surface area contributed by atoms with Gasteiger partial charge in [0.05, 0.1) is 0 Å². The molecule has 0 amide bonds. The van der Waals surface area contributed by atoms with E-state index in [0.717, 1.165) is 23.8 Å². The van der Waals surface area contributed by atoms with E-state index >= 15 is 0 Å². The van der Waals surface area contributed by atoms with Crippen LogP contribution in [0.25, 0.3) is 5.57 Å². The molecule has 1 aromatic carbocycles. The highest BCUT2D eigenvalue weighted by atomic mass is 35.5. The summed E-state index contributed by atoms with van der Waals surface area (Å²) in [6.45, 7) is 2.31. The van der Waals surface area contributed by atoms with Crippen LogP contribution in [-0.2, 0) is 0 Å². The van der Waals surface area contributed by atoms with Crippen LogP contribution in [0.15, 0.2) is 29.8 Å². The molecule has 0 heterocycles. The quantitative estimate of drug-likeness (QED) is 0.641. The lowest BCUT2D eigenvalue weighted by Gasteiger charge is -2.24. The number of halogens is 2. The van der Waals surface area contributed by atoms with Gasteiger partial charge in [-0.1, -0.05) is 36.2 Å². The van der Waals surface area contributed by atoms with Crippen molar-refractivity contribution >= 4 is 28.8 Å². The van der Waals surface area contributed by atoms with Crippen LogP contribution in [-0.4, -0.2) is 5.88 Å². The Kier molecular flexibility index (Phi) is 3.94. The van der Waals surface area contributed by atoms with Crippen LogP contribution in [0.2, 0.25) is 5.02 Å². The zero-order chi connectivity index (χ0) is 11.5. The van der Waals surface area contributed by atoms with Gasteiger partial charge in [0.25, 0.3) is 0 Å². The Hall–Kier alpha value is -0.460. The van der Waals surface area contributed by atoms with Gasteiger partial charge < -0.3 is 0 Å². The van der Waals surface area contributed by atoms with E-state index in [0.29, 0.717) is 5.88 Å². The predicted molar refractivity (Wildman–Crippen MR) is 72.1 cm³/mol. The molecule has 0 saturated carbocycles. The molecule has 1 aliphatic carbocycles. The normalized spacial score (nSPS) is 21.3. The van der Waals surface area contributed by atoms with Crippen molar-refractivity contribution in [2.75, 3.05) is 5.88 Å². The van der Waals surface area contributed by atoms with E-state index in [1.165, 1.54) is 23.1 Å². The number of hydrogen-bond acceptors (Lipinski definition) is 0. The fourth-order valence-corrected chi connectivity index (χ4v) is 2.71. The number of rotatable bonds is 2. The average molecular weight is 255 g/mol. The van der Waals surface area contributed by atoms with E-state index in [9.17, 15) is 0 Å². The molecular formula is C14H16Cl2. The van der Waals surface area contributed by atoms with Crippen LogP contribution in [0.3, 0.4) is 0 Å². The number of hydrogen-bond donors (Lipinski definition) is 0. The first kappa shape index (κ1) is 12.0. The third-order valence-electron chi connectivity index (χ3n) is 3.27. The lowest BCUT2D eigenvalue weighted by Crippen LogP contribution is -2.08. The van der Waals surface area contributed by atoms with Crippen molar-refractivity contribution < 1.29 is 0 Å². The third-order valence-corrected chi connectivity index (χ3v) is 3.85. The summed E-state index contributed by atoms with van der Waals surface area (Å²) in [5.74, 6) is 1.42. The van der Waals surface area contributed by atoms with E-state index in [1.54, 1.807) is 0 Å². The number of alkyl halides is 1. The first-order chi connectivity index (χ1) is 7.70. The summed E-state index contributed by atoms with van der Waals surface area (Å²) in [4.78, 5) is 0. The Balaban J connectivity index is 2.35. The van der Waals surface area contributed by atoms with Crippen LogP contribution in [0.5, 0.6) is 0 Å². The Morgan fingerprint density at radius 3 is 2.56 bits per heavy atom. The fourth-order valence-electron chi connectivity index (χ4n) is 2.29. The molecule has 2 rings (SSSR count). The molecule has 0 bridgehead atoms. The van der Waals surface area contributed by atoms with Crippen molar-refractivity contribution in [3.05, 3.63) is 40.4 Å². The van der Waals surface area contributed by atoms with Crippen molar-refractivity contribution in [3.63, 3.8) is 0 Å². The molecule has 0 radical (unpaired) electrons. The maximum Gasteiger partial charge on any atom is 0.0439 e. The van der Waals surface area contributed by atoms with Crippen LogP contribution in [0.1, 0.15) is 31.7 Å². The molecule has 0 saturated heterocycles. The SMILES string of the molecule is CC1CCC(CCl)=C(c2ccc(Cl)cc2)C1. The van der Waals surface area contributed by atoms with Crippen molar-refractivity contribution in [2.45, 2.75) is 26.2 Å². The van der Waals surface area contributed by atoms with E-state index < -0.39 is 0 Å². The molecule has 0 aliphatic heterocycles. The second-order valence-electron chi connectivity index (χ2n) is 4.57. The maximum absolute atomic E-state index is 6.02. The summed E-state index contributed by atoms with van der Waals surface area (Å²) in [6, 6.07) is 8.11. The van der Waals surface area contributed by atoms with Gasteiger partial charge in [-0.25, -0.2) is 0 Å². The minimum atomic E-state index is 0.657. The molecule has 1 unspecified atom stereocenters. The van der Waals surface area contributed by atoms with E-state index in [-0.39, 0.29) is 0 Å². The van der Waals surface area contributed by atoms with Crippen molar-refractivity contribution in [3.8, 4) is 0 Å². The molecule has 86 valence electrons. The van der Waals surface area contributed by atoms with Crippen molar-refractivity contribution in [1.82, 2.24) is 0 Å². The minimum absolute atomic E-state index is 0.657. The molecule has 0 nitrogen and oxygen atoms in total. The monoisotopic (exact) mass is 254 g/mol. The van der Waals surface area contributed by atoms with Crippen LogP contribution in [0.4, 0.5) is 0 Å². The molecule has 1 atom stereocenters. The maximum atomic E-state index is 6.02. The van der Waals surface area contributed by atoms with Gasteiger partial charge in [0.2, 0.25) is 0 Å². The highest BCUT2D eigenvalue weighted by Gasteiger charge is 2.18. The molecule has 2 heteroatoms. The fraction of sp³-hybridized carbons (Fsp3) is 0.429. The highest BCUT2D eigenvalue weighted by molar-refractivity contribution is 6.30. The van der Waals surface area contributed by atoms with Crippen LogP contribution in [0, 0.1) is 5.92 Å². The largest absolute Gasteiger partial charge is 0.122 e. The second kappa shape index (κ2) is 5.25. The van der Waals surface area contributed by atoms with Gasteiger partial charge in [-0.2, -0.15) is 0 Å². The van der Waals surface area contributed by atoms with Gasteiger partial charge in [-0.15, -0.1) is 11.6 Å². The predicted octanol–water partition coefficient (Wildman–Crippen LogP) is 5.15. The summed E-state index contributed by atoms with van der Waals surface area (Å²) in [5.41, 5.74) is 4.12. The Morgan fingerprint density at radius 2 is 1.94 bits per heavy atom. The van der Waals surface area contributed by atoms with Crippen molar-refractivity contribution in [2.24, 2.45) is 5.92 Å². The molecule has 16 heavy (non-hydrogen) atoms. The third kappa shape index (κ3) is 2.61. The van der Waals surface area contributed by atoms with Crippen LogP contribution >= 0.6 is 23.2 Å². The highest BCUT2D eigenvalue weighted by Crippen LogP contribution is 2.36. The van der Waals surface area contributed by atoms with E-state index in [1.807, 2.05) is 12.1 Å². The minimum Gasteiger partial charge on any atom is -0.122 e. The summed E-state index contributed by atoms with van der Waals surface area (Å²) < 4.78 is 0. The van der Waals surface area contributed by atoms with Crippen LogP contribution < -0.4 is 0 Å². The van der Waals surface area contributed by atoms with Gasteiger partial charge in [-0.05, 0) is 48.4 Å². The number of benzene rings is 1. The van der Waals surface area contributed by atoms with Gasteiger partial charge in [0.1, 0.15) is 0 Å². The molecule has 0 spiro atoms. The Bertz CT molecular complexity index is 390. The average Bonchev–Trinajstić information content (AvgIpc) is 2.30. The molecule has 1 aromatic rings. The molecule has 1 aliphatic rings. The van der Waals surface area contributed by atoms with E-state index in [2.05, 4.69) is 19.1 Å². The van der Waals surface area contributed by atoms with E-state index in [4.69, 9.17) is 23.2 Å². The summed E-state index contributed by atoms with van der Waals surface area (Å²) in [6.07, 6.45) is 3.55. The number of allylic oxidation sites excluding steroid dienone is 2. The second-order valence-corrected chi connectivity index (χ2v) is 5.27. The summed E-state index contributed by atoms with van der Waals surface area (Å²) in [7, 11) is 0. The molecule has 0 fully saturated rings. The molecule has 0 N–H and O–H groups in total. The smallest absolute Gasteiger partial charge is 0.0439 e. The summed E-state index contributed by atoms with van der Waals surface area (Å²) in [5, 5.41) is 0.792. The summed E-state index contributed by atoms with van der Waals surface area (Å²) >= 11 is 11.9. The molecule has 0 aromatic heterocycles. The topological polar surface area (TPSA) is 0 Å². The first-order valence-electron chi connectivity index (χ1n) is 5.73. The zero-order valence-corrected chi connectivity index (χ0v) is 11.0. The van der Waals surface area contributed by atoms with Gasteiger partial charge >= 0.3 is 0 Å². The van der Waals surface area contributed by atoms with Gasteiger partial charge in [0, 0.05) is 10.9 Å². The first-order valence-corrected chi connectivity index (χ1v) is 6.64. The Morgan fingerprint density at radius 1 is 1.25 bits per heavy atom. The lowest BCUT2D eigenvalue weighted by molar-refractivity contribution is 0.524. The standard InChI is InChI=1S/C14H16Cl2/c1-10-2-3-12(9-15)14(8-10)11-4-6-13(16)7-5-11/h4-7,10H,2-3,8-9H2,1H3. The van der Waals surface area contributed by atoms with Gasteiger partial charge in [-0.3, -0.25) is 0 Å². The van der Waals surface area contributed by atoms with Gasteiger partial charge in [0.15, 0.2) is 0 Å². The zero-order valence-electron chi connectivity index (χ0n) is 9.47.